The highest BCUT2D eigenvalue weighted by molar-refractivity contribution is 5.87. The fourth-order valence-electron chi connectivity index (χ4n) is 1.94. The van der Waals surface area contributed by atoms with E-state index >= 15 is 0 Å². The number of ether oxygens (including phenoxy) is 2. The molecule has 0 spiro atoms. The molecule has 0 aromatic heterocycles. The van der Waals surface area contributed by atoms with Gasteiger partial charge in [-0.25, -0.2) is 4.79 Å². The summed E-state index contributed by atoms with van der Waals surface area (Å²) in [6.07, 6.45) is 2.99. The van der Waals surface area contributed by atoms with Crippen LogP contribution < -0.4 is 0 Å². The summed E-state index contributed by atoms with van der Waals surface area (Å²) in [4.78, 5) is 11.4. The van der Waals surface area contributed by atoms with Gasteiger partial charge in [0.2, 0.25) is 0 Å². The fourth-order valence-corrected chi connectivity index (χ4v) is 1.94. The van der Waals surface area contributed by atoms with Crippen LogP contribution in [-0.4, -0.2) is 24.8 Å². The van der Waals surface area contributed by atoms with Crippen molar-refractivity contribution in [2.75, 3.05) is 13.2 Å². The molecule has 1 atom stereocenters. The third-order valence-corrected chi connectivity index (χ3v) is 3.06. The molecule has 0 amide bonds. The third kappa shape index (κ3) is 1.69. The minimum absolute atomic E-state index is 0.202. The summed E-state index contributed by atoms with van der Waals surface area (Å²) in [5.41, 5.74) is 0.280. The largest absolute Gasteiger partial charge is 0.455 e. The van der Waals surface area contributed by atoms with Crippen LogP contribution in [0.4, 0.5) is 0 Å². The highest BCUT2D eigenvalue weighted by Crippen LogP contribution is 2.49. The number of rotatable bonds is 3. The van der Waals surface area contributed by atoms with Crippen LogP contribution in [0.15, 0.2) is 12.2 Å². The smallest absolute Gasteiger partial charge is 0.333 e. The van der Waals surface area contributed by atoms with Gasteiger partial charge in [-0.3, -0.25) is 0 Å². The molecule has 0 bridgehead atoms. The Kier molecular flexibility index (Phi) is 2.35. The monoisotopic (exact) mass is 196 g/mol. The average molecular weight is 196 g/mol. The first-order valence-electron chi connectivity index (χ1n) is 5.11. The molecule has 1 heterocycles. The van der Waals surface area contributed by atoms with E-state index in [0.29, 0.717) is 11.5 Å². The van der Waals surface area contributed by atoms with Crippen LogP contribution in [0.3, 0.4) is 0 Å². The zero-order valence-electron chi connectivity index (χ0n) is 8.54. The third-order valence-electron chi connectivity index (χ3n) is 3.06. The molecule has 3 heteroatoms. The first-order valence-corrected chi connectivity index (χ1v) is 5.11. The molecule has 1 saturated carbocycles. The van der Waals surface area contributed by atoms with Crippen LogP contribution in [0, 0.1) is 5.92 Å². The van der Waals surface area contributed by atoms with Gasteiger partial charge < -0.3 is 9.47 Å². The van der Waals surface area contributed by atoms with Gasteiger partial charge in [0.25, 0.3) is 0 Å². The minimum atomic E-state index is -0.255. The Hall–Kier alpha value is -0.830. The standard InChI is InChI=1S/C11H16O3/c1-8(2)10(12)14-11(4-5-11)9-3-6-13-7-9/h9H,1,3-7H2,2H3. The normalized spacial score (nSPS) is 28.5. The highest BCUT2D eigenvalue weighted by atomic mass is 16.6. The Balaban J connectivity index is 1.95. The van der Waals surface area contributed by atoms with E-state index in [9.17, 15) is 4.79 Å². The molecule has 1 saturated heterocycles. The molecular weight excluding hydrogens is 180 g/mol. The predicted octanol–water partition coefficient (Wildman–Crippen LogP) is 1.67. The molecule has 0 aromatic rings. The van der Waals surface area contributed by atoms with Gasteiger partial charge in [0, 0.05) is 18.1 Å². The van der Waals surface area contributed by atoms with Crippen molar-refractivity contribution in [3.05, 3.63) is 12.2 Å². The maximum absolute atomic E-state index is 11.4. The van der Waals surface area contributed by atoms with Gasteiger partial charge in [-0.05, 0) is 26.2 Å². The maximum Gasteiger partial charge on any atom is 0.333 e. The SMILES string of the molecule is C=C(C)C(=O)OC1(C2CCOC2)CC1. The van der Waals surface area contributed by atoms with Gasteiger partial charge in [0.1, 0.15) is 5.60 Å². The lowest BCUT2D eigenvalue weighted by atomic mass is 9.99. The van der Waals surface area contributed by atoms with Gasteiger partial charge >= 0.3 is 5.97 Å². The van der Waals surface area contributed by atoms with Crippen LogP contribution in [0.5, 0.6) is 0 Å². The van der Waals surface area contributed by atoms with Crippen LogP contribution in [0.1, 0.15) is 26.2 Å². The van der Waals surface area contributed by atoms with Gasteiger partial charge in [0.15, 0.2) is 0 Å². The number of hydrogen-bond donors (Lipinski definition) is 0. The lowest BCUT2D eigenvalue weighted by Crippen LogP contribution is -2.29. The van der Waals surface area contributed by atoms with E-state index in [0.717, 1.165) is 32.5 Å². The fraction of sp³-hybridized carbons (Fsp3) is 0.727. The second-order valence-corrected chi connectivity index (χ2v) is 4.30. The molecule has 0 radical (unpaired) electrons. The van der Waals surface area contributed by atoms with Crippen LogP contribution in [0.25, 0.3) is 0 Å². The number of esters is 1. The van der Waals surface area contributed by atoms with Crippen molar-refractivity contribution in [1.29, 1.82) is 0 Å². The Morgan fingerprint density at radius 2 is 2.29 bits per heavy atom. The number of carbonyl (C=O) groups excluding carboxylic acids is 1. The van der Waals surface area contributed by atoms with Gasteiger partial charge in [0.05, 0.1) is 6.61 Å². The van der Waals surface area contributed by atoms with E-state index in [1.165, 1.54) is 0 Å². The molecule has 2 aliphatic rings. The van der Waals surface area contributed by atoms with Crippen molar-refractivity contribution < 1.29 is 14.3 Å². The summed E-state index contributed by atoms with van der Waals surface area (Å²) in [5.74, 6) is 0.153. The first kappa shape index (κ1) is 9.71. The predicted molar refractivity (Wildman–Crippen MR) is 51.8 cm³/mol. The highest BCUT2D eigenvalue weighted by Gasteiger charge is 2.54. The second kappa shape index (κ2) is 3.39. The molecule has 2 rings (SSSR count). The van der Waals surface area contributed by atoms with Gasteiger partial charge in [-0.2, -0.15) is 0 Å². The van der Waals surface area contributed by atoms with E-state index in [1.807, 2.05) is 0 Å². The van der Waals surface area contributed by atoms with Gasteiger partial charge in [-0.1, -0.05) is 6.58 Å². The molecule has 3 nitrogen and oxygen atoms in total. The number of carbonyl (C=O) groups is 1. The number of hydrogen-bond acceptors (Lipinski definition) is 3. The molecule has 1 aliphatic heterocycles. The molecule has 0 aromatic carbocycles. The second-order valence-electron chi connectivity index (χ2n) is 4.30. The Morgan fingerprint density at radius 3 is 2.71 bits per heavy atom. The van der Waals surface area contributed by atoms with E-state index in [2.05, 4.69) is 6.58 Å². The lowest BCUT2D eigenvalue weighted by Gasteiger charge is -2.21. The lowest BCUT2D eigenvalue weighted by molar-refractivity contribution is -0.149. The topological polar surface area (TPSA) is 35.5 Å². The molecule has 1 aliphatic carbocycles. The van der Waals surface area contributed by atoms with Crippen LogP contribution in [0.2, 0.25) is 0 Å². The Labute approximate surface area is 84.1 Å². The van der Waals surface area contributed by atoms with E-state index in [1.54, 1.807) is 6.92 Å². The van der Waals surface area contributed by atoms with Gasteiger partial charge in [-0.15, -0.1) is 0 Å². The molecule has 0 N–H and O–H groups in total. The van der Waals surface area contributed by atoms with E-state index in [4.69, 9.17) is 9.47 Å². The van der Waals surface area contributed by atoms with Crippen molar-refractivity contribution in [2.24, 2.45) is 5.92 Å². The zero-order chi connectivity index (χ0) is 10.2. The first-order chi connectivity index (χ1) is 6.64. The molecule has 78 valence electrons. The summed E-state index contributed by atoms with van der Waals surface area (Å²) in [6, 6.07) is 0. The quantitative estimate of drug-likeness (QED) is 0.509. The van der Waals surface area contributed by atoms with Crippen molar-refractivity contribution in [2.45, 2.75) is 31.8 Å². The average Bonchev–Trinajstić information content (AvgIpc) is 2.72. The minimum Gasteiger partial charge on any atom is -0.455 e. The maximum atomic E-state index is 11.4. The summed E-state index contributed by atoms with van der Waals surface area (Å²) < 4.78 is 10.8. The summed E-state index contributed by atoms with van der Waals surface area (Å²) in [5, 5.41) is 0. The van der Waals surface area contributed by atoms with Crippen molar-refractivity contribution in [1.82, 2.24) is 0 Å². The van der Waals surface area contributed by atoms with Crippen molar-refractivity contribution in [3.63, 3.8) is 0 Å². The zero-order valence-corrected chi connectivity index (χ0v) is 8.54. The van der Waals surface area contributed by atoms with E-state index < -0.39 is 0 Å². The summed E-state index contributed by atoms with van der Waals surface area (Å²) >= 11 is 0. The van der Waals surface area contributed by atoms with Crippen LogP contribution in [-0.2, 0) is 14.3 Å². The Morgan fingerprint density at radius 1 is 1.57 bits per heavy atom. The molecule has 14 heavy (non-hydrogen) atoms. The molecular formula is C11H16O3. The molecule has 2 fully saturated rings. The summed E-state index contributed by atoms with van der Waals surface area (Å²) in [7, 11) is 0. The summed E-state index contributed by atoms with van der Waals surface area (Å²) in [6.45, 7) is 6.81. The Bertz CT molecular complexity index is 260. The molecule has 1 unspecified atom stereocenters. The van der Waals surface area contributed by atoms with Crippen LogP contribution >= 0.6 is 0 Å². The van der Waals surface area contributed by atoms with E-state index in [-0.39, 0.29) is 11.6 Å². The van der Waals surface area contributed by atoms with Crippen molar-refractivity contribution in [3.8, 4) is 0 Å². The van der Waals surface area contributed by atoms with Crippen molar-refractivity contribution >= 4 is 5.97 Å².